The topological polar surface area (TPSA) is 103 Å². The second-order valence-electron chi connectivity index (χ2n) is 14.4. The van der Waals surface area contributed by atoms with E-state index < -0.39 is 43.1 Å². The molecule has 0 aromatic heterocycles. The molecule has 40 heavy (non-hydrogen) atoms. The summed E-state index contributed by atoms with van der Waals surface area (Å²) in [6, 6.07) is 4.18. The Morgan fingerprint density at radius 2 is 1.90 bits per heavy atom. The molecule has 1 fully saturated rings. The third kappa shape index (κ3) is 4.63. The molecule has 0 radical (unpaired) electrons. The van der Waals surface area contributed by atoms with Gasteiger partial charge in [-0.05, 0) is 88.2 Å². The van der Waals surface area contributed by atoms with Gasteiger partial charge in [0.2, 0.25) is 0 Å². The van der Waals surface area contributed by atoms with Crippen molar-refractivity contribution in [2.24, 2.45) is 5.92 Å². The number of ether oxygens (including phenoxy) is 3. The van der Waals surface area contributed by atoms with Crippen LogP contribution in [0.2, 0.25) is 18.1 Å². The van der Waals surface area contributed by atoms with Crippen molar-refractivity contribution in [2.75, 3.05) is 6.54 Å². The highest BCUT2D eigenvalue weighted by Gasteiger charge is 2.71. The SMILES string of the molecule is CC(C)(C)OC(=O)NCCC(=O)OC1=CC[C@@]2(O)[C@@H]3CCC[C@@]24c2c(ccc(O[Si](C)(C)C(C)(C)C)c2O[C@@H]14)C3. The van der Waals surface area contributed by atoms with Gasteiger partial charge in [-0.15, -0.1) is 0 Å². The normalized spacial score (nSPS) is 28.6. The standard InChI is InChI=1S/C31H45NO7Si/c1-28(2,3)38-27(34)32-17-14-23(33)36-22-13-16-31(35)20-10-9-15-30(31)24-19(18-20)11-12-21(25(24)37-26(22)30)39-40(7,8)29(4,5)6/h11-13,20,26,35H,9-10,14-18H2,1-8H3,(H,32,34)/t20-,26+,30+,31-/m1/s1. The number of esters is 1. The molecule has 3 aliphatic carbocycles. The van der Waals surface area contributed by atoms with E-state index in [9.17, 15) is 14.7 Å². The number of carbonyl (C=O) groups is 2. The number of amides is 1. The third-order valence-electron chi connectivity index (χ3n) is 9.65. The molecule has 4 aliphatic rings. The lowest BCUT2D eigenvalue weighted by Crippen LogP contribution is -2.67. The summed E-state index contributed by atoms with van der Waals surface area (Å²) in [4.78, 5) is 24.9. The molecular weight excluding hydrogens is 526 g/mol. The van der Waals surface area contributed by atoms with E-state index in [1.165, 1.54) is 5.56 Å². The van der Waals surface area contributed by atoms with Crippen LogP contribution in [0.4, 0.5) is 4.79 Å². The minimum absolute atomic E-state index is 0.00385. The number of aliphatic hydroxyl groups is 1. The molecule has 1 aliphatic heterocycles. The number of hydrogen-bond donors (Lipinski definition) is 2. The number of hydrogen-bond acceptors (Lipinski definition) is 7. The number of benzene rings is 1. The zero-order valence-electron chi connectivity index (χ0n) is 25.2. The molecule has 4 atom stereocenters. The van der Waals surface area contributed by atoms with Gasteiger partial charge in [-0.1, -0.05) is 33.3 Å². The van der Waals surface area contributed by atoms with Gasteiger partial charge in [0.25, 0.3) is 8.32 Å². The van der Waals surface area contributed by atoms with Crippen LogP contribution in [0.1, 0.15) is 84.8 Å². The first-order valence-corrected chi connectivity index (χ1v) is 17.5. The Balaban J connectivity index is 1.42. The van der Waals surface area contributed by atoms with Gasteiger partial charge in [-0.25, -0.2) is 4.79 Å². The Hall–Kier alpha value is -2.52. The van der Waals surface area contributed by atoms with E-state index in [-0.39, 0.29) is 23.9 Å². The van der Waals surface area contributed by atoms with Crippen LogP contribution < -0.4 is 14.5 Å². The van der Waals surface area contributed by atoms with Crippen molar-refractivity contribution in [3.8, 4) is 11.5 Å². The Morgan fingerprint density at radius 3 is 2.58 bits per heavy atom. The van der Waals surface area contributed by atoms with Crippen LogP contribution in [0.3, 0.4) is 0 Å². The zero-order chi connectivity index (χ0) is 29.3. The van der Waals surface area contributed by atoms with Crippen molar-refractivity contribution >= 4 is 20.4 Å². The fraction of sp³-hybridized carbons (Fsp3) is 0.677. The Bertz CT molecular complexity index is 1240. The zero-order valence-corrected chi connectivity index (χ0v) is 26.2. The first-order chi connectivity index (χ1) is 18.5. The second kappa shape index (κ2) is 9.51. The summed E-state index contributed by atoms with van der Waals surface area (Å²) >= 11 is 0. The summed E-state index contributed by atoms with van der Waals surface area (Å²) in [5.41, 5.74) is -0.0430. The molecule has 0 unspecified atom stereocenters. The molecule has 9 heteroatoms. The van der Waals surface area contributed by atoms with Crippen LogP contribution in [-0.4, -0.2) is 49.3 Å². The van der Waals surface area contributed by atoms with E-state index >= 15 is 0 Å². The average Bonchev–Trinajstić information content (AvgIpc) is 3.15. The Morgan fingerprint density at radius 1 is 1.18 bits per heavy atom. The number of carbonyl (C=O) groups excluding carboxylic acids is 2. The molecule has 8 nitrogen and oxygen atoms in total. The van der Waals surface area contributed by atoms with Crippen molar-refractivity contribution in [3.63, 3.8) is 0 Å². The first-order valence-electron chi connectivity index (χ1n) is 14.6. The maximum Gasteiger partial charge on any atom is 0.407 e. The number of rotatable bonds is 6. The Kier molecular flexibility index (Phi) is 6.89. The van der Waals surface area contributed by atoms with E-state index in [1.54, 1.807) is 20.8 Å². The molecule has 1 aromatic carbocycles. The van der Waals surface area contributed by atoms with Crippen LogP contribution in [0, 0.1) is 5.92 Å². The molecular formula is C31H45NO7Si. The van der Waals surface area contributed by atoms with Gasteiger partial charge in [0.1, 0.15) is 17.1 Å². The molecule has 220 valence electrons. The van der Waals surface area contributed by atoms with Crippen LogP contribution in [0.5, 0.6) is 11.5 Å². The van der Waals surface area contributed by atoms with Gasteiger partial charge < -0.3 is 29.1 Å². The van der Waals surface area contributed by atoms with Gasteiger partial charge in [0, 0.05) is 12.1 Å². The highest BCUT2D eigenvalue weighted by atomic mass is 28.4. The average molecular weight is 572 g/mol. The van der Waals surface area contributed by atoms with Crippen molar-refractivity contribution in [1.29, 1.82) is 0 Å². The third-order valence-corrected chi connectivity index (χ3v) is 14.0. The Labute approximate surface area is 238 Å². The highest BCUT2D eigenvalue weighted by molar-refractivity contribution is 6.74. The van der Waals surface area contributed by atoms with E-state index in [0.29, 0.717) is 23.7 Å². The molecule has 1 saturated carbocycles. The minimum Gasteiger partial charge on any atom is -0.541 e. The van der Waals surface area contributed by atoms with Crippen LogP contribution in [0.15, 0.2) is 24.0 Å². The summed E-state index contributed by atoms with van der Waals surface area (Å²) in [6.07, 6.45) is 4.53. The molecule has 1 heterocycles. The van der Waals surface area contributed by atoms with Crippen molar-refractivity contribution in [2.45, 2.75) is 121 Å². The van der Waals surface area contributed by atoms with Crippen LogP contribution in [0.25, 0.3) is 0 Å². The maximum absolute atomic E-state index is 12.9. The minimum atomic E-state index is -2.18. The van der Waals surface area contributed by atoms with Crippen LogP contribution >= 0.6 is 0 Å². The summed E-state index contributed by atoms with van der Waals surface area (Å²) in [5, 5.41) is 15.0. The summed E-state index contributed by atoms with van der Waals surface area (Å²) in [7, 11) is -2.18. The lowest BCUT2D eigenvalue weighted by molar-refractivity contribution is -0.159. The predicted molar refractivity (Wildman–Crippen MR) is 154 cm³/mol. The molecule has 2 bridgehead atoms. The van der Waals surface area contributed by atoms with Crippen molar-refractivity contribution < 1.29 is 33.3 Å². The summed E-state index contributed by atoms with van der Waals surface area (Å²) in [6.45, 7) is 16.5. The summed E-state index contributed by atoms with van der Waals surface area (Å²) < 4.78 is 24.7. The first kappa shape index (κ1) is 29.0. The van der Waals surface area contributed by atoms with E-state index in [2.05, 4.69) is 45.2 Å². The number of nitrogens with one attached hydrogen (secondary N) is 1. The fourth-order valence-electron chi connectivity index (χ4n) is 6.79. The monoisotopic (exact) mass is 571 g/mol. The largest absolute Gasteiger partial charge is 0.541 e. The predicted octanol–water partition coefficient (Wildman–Crippen LogP) is 5.90. The van der Waals surface area contributed by atoms with E-state index in [0.717, 1.165) is 31.2 Å². The van der Waals surface area contributed by atoms with Crippen LogP contribution in [-0.2, 0) is 26.1 Å². The molecule has 5 rings (SSSR count). The highest BCUT2D eigenvalue weighted by Crippen LogP contribution is 2.67. The quantitative estimate of drug-likeness (QED) is 0.324. The lowest BCUT2D eigenvalue weighted by Gasteiger charge is -2.59. The van der Waals surface area contributed by atoms with Crippen molar-refractivity contribution in [3.05, 3.63) is 35.1 Å². The van der Waals surface area contributed by atoms with Gasteiger partial charge in [-0.3, -0.25) is 4.79 Å². The van der Waals surface area contributed by atoms with Crippen molar-refractivity contribution in [1.82, 2.24) is 5.32 Å². The molecule has 2 N–H and O–H groups in total. The van der Waals surface area contributed by atoms with Gasteiger partial charge in [0.15, 0.2) is 11.9 Å². The fourth-order valence-corrected chi connectivity index (χ4v) is 7.81. The van der Waals surface area contributed by atoms with E-state index in [4.69, 9.17) is 18.6 Å². The molecule has 1 spiro atoms. The second-order valence-corrected chi connectivity index (χ2v) is 19.2. The van der Waals surface area contributed by atoms with E-state index in [1.807, 2.05) is 12.1 Å². The molecule has 1 amide bonds. The maximum atomic E-state index is 12.9. The van der Waals surface area contributed by atoms with Gasteiger partial charge >= 0.3 is 12.1 Å². The summed E-state index contributed by atoms with van der Waals surface area (Å²) in [5.74, 6) is 1.50. The van der Waals surface area contributed by atoms with Gasteiger partial charge in [-0.2, -0.15) is 0 Å². The smallest absolute Gasteiger partial charge is 0.407 e. The number of alkyl carbamates (subject to hydrolysis) is 1. The molecule has 1 aromatic rings. The molecule has 0 saturated heterocycles. The van der Waals surface area contributed by atoms with Gasteiger partial charge in [0.05, 0.1) is 17.4 Å². The lowest BCUT2D eigenvalue weighted by atomic mass is 9.47.